The molecule has 2 rings (SSSR count). The highest BCUT2D eigenvalue weighted by atomic mass is 35.5. The number of carbonyl (C=O) groups is 1. The lowest BCUT2D eigenvalue weighted by molar-refractivity contribution is 0.103. The van der Waals surface area contributed by atoms with Crippen molar-refractivity contribution in [1.29, 1.82) is 0 Å². The SMILES string of the molecule is O=C(c1ccncc1)c1cccc(C(F)F)c1Cl. The number of hydrogen-bond acceptors (Lipinski definition) is 2. The Balaban J connectivity index is 2.47. The predicted molar refractivity (Wildman–Crippen MR) is 64.1 cm³/mol. The maximum atomic E-state index is 12.7. The molecule has 0 aliphatic carbocycles. The summed E-state index contributed by atoms with van der Waals surface area (Å²) in [6.45, 7) is 0. The third kappa shape index (κ3) is 2.38. The number of rotatable bonds is 3. The molecule has 2 nitrogen and oxygen atoms in total. The van der Waals surface area contributed by atoms with E-state index in [1.165, 1.54) is 42.7 Å². The molecule has 1 aromatic heterocycles. The summed E-state index contributed by atoms with van der Waals surface area (Å²) in [6, 6.07) is 7.04. The van der Waals surface area contributed by atoms with Crippen molar-refractivity contribution < 1.29 is 13.6 Å². The molecule has 0 aliphatic heterocycles. The van der Waals surface area contributed by atoms with Crippen LogP contribution in [0.3, 0.4) is 0 Å². The number of halogens is 3. The van der Waals surface area contributed by atoms with Crippen LogP contribution in [0.4, 0.5) is 8.78 Å². The van der Waals surface area contributed by atoms with E-state index >= 15 is 0 Å². The Morgan fingerprint density at radius 2 is 1.83 bits per heavy atom. The summed E-state index contributed by atoms with van der Waals surface area (Å²) in [5.74, 6) is -0.398. The Morgan fingerprint density at radius 3 is 2.44 bits per heavy atom. The summed E-state index contributed by atoms with van der Waals surface area (Å²) in [5.41, 5.74) is 0.0931. The van der Waals surface area contributed by atoms with Gasteiger partial charge in [0.05, 0.1) is 5.02 Å². The van der Waals surface area contributed by atoms with Crippen molar-refractivity contribution in [3.8, 4) is 0 Å². The van der Waals surface area contributed by atoms with Crippen LogP contribution < -0.4 is 0 Å². The highest BCUT2D eigenvalue weighted by Gasteiger charge is 2.19. The van der Waals surface area contributed by atoms with E-state index in [0.717, 1.165) is 0 Å². The summed E-state index contributed by atoms with van der Waals surface area (Å²) >= 11 is 5.83. The lowest BCUT2D eigenvalue weighted by Crippen LogP contribution is -2.04. The van der Waals surface area contributed by atoms with E-state index in [4.69, 9.17) is 11.6 Å². The van der Waals surface area contributed by atoms with Crippen molar-refractivity contribution in [1.82, 2.24) is 4.98 Å². The topological polar surface area (TPSA) is 30.0 Å². The molecule has 0 unspecified atom stereocenters. The molecule has 0 saturated carbocycles. The largest absolute Gasteiger partial charge is 0.289 e. The first-order valence-electron chi connectivity index (χ1n) is 5.12. The van der Waals surface area contributed by atoms with E-state index in [-0.39, 0.29) is 16.1 Å². The molecule has 0 spiro atoms. The summed E-state index contributed by atoms with van der Waals surface area (Å²) in [4.78, 5) is 15.9. The van der Waals surface area contributed by atoms with Gasteiger partial charge in [-0.05, 0) is 18.2 Å². The Kier molecular flexibility index (Phi) is 3.67. The maximum Gasteiger partial charge on any atom is 0.265 e. The fourth-order valence-electron chi connectivity index (χ4n) is 1.55. The summed E-state index contributed by atoms with van der Waals surface area (Å²) in [5, 5.41) is -0.200. The van der Waals surface area contributed by atoms with E-state index in [1.807, 2.05) is 0 Å². The molecule has 0 saturated heterocycles. The number of alkyl halides is 2. The Hall–Kier alpha value is -1.81. The molecule has 0 radical (unpaired) electrons. The molecule has 0 atom stereocenters. The van der Waals surface area contributed by atoms with Crippen LogP contribution in [0.2, 0.25) is 5.02 Å². The first kappa shape index (κ1) is 12.6. The number of nitrogens with zero attached hydrogens (tertiary/aromatic N) is 1. The molecule has 2 aromatic rings. The maximum absolute atomic E-state index is 12.7. The molecule has 0 fully saturated rings. The molecular weight excluding hydrogens is 260 g/mol. The van der Waals surface area contributed by atoms with Crippen molar-refractivity contribution in [3.05, 3.63) is 64.4 Å². The van der Waals surface area contributed by atoms with Crippen LogP contribution in [0.25, 0.3) is 0 Å². The minimum absolute atomic E-state index is 0.0701. The van der Waals surface area contributed by atoms with Crippen LogP contribution in [0.1, 0.15) is 27.9 Å². The molecule has 1 heterocycles. The second-order valence-corrected chi connectivity index (χ2v) is 3.95. The van der Waals surface area contributed by atoms with E-state index in [0.29, 0.717) is 5.56 Å². The monoisotopic (exact) mass is 267 g/mol. The number of pyridine rings is 1. The standard InChI is InChI=1S/C13H8ClF2NO/c14-11-9(2-1-3-10(11)13(15)16)12(18)8-4-6-17-7-5-8/h1-7,13H. The zero-order valence-corrected chi connectivity index (χ0v) is 9.86. The summed E-state index contributed by atoms with van der Waals surface area (Å²) in [7, 11) is 0. The normalized spacial score (nSPS) is 10.7. The Morgan fingerprint density at radius 1 is 1.17 bits per heavy atom. The van der Waals surface area contributed by atoms with Gasteiger partial charge in [-0.1, -0.05) is 23.7 Å². The van der Waals surface area contributed by atoms with Gasteiger partial charge in [-0.2, -0.15) is 0 Å². The van der Waals surface area contributed by atoms with Crippen molar-refractivity contribution in [2.45, 2.75) is 6.43 Å². The lowest BCUT2D eigenvalue weighted by atomic mass is 10.0. The van der Waals surface area contributed by atoms with E-state index < -0.39 is 12.2 Å². The second kappa shape index (κ2) is 5.23. The second-order valence-electron chi connectivity index (χ2n) is 3.57. The predicted octanol–water partition coefficient (Wildman–Crippen LogP) is 3.90. The molecule has 92 valence electrons. The molecule has 1 aromatic carbocycles. The first-order valence-corrected chi connectivity index (χ1v) is 5.50. The van der Waals surface area contributed by atoms with Gasteiger partial charge in [0, 0.05) is 29.1 Å². The smallest absolute Gasteiger partial charge is 0.265 e. The Labute approximate surface area is 107 Å². The fourth-order valence-corrected chi connectivity index (χ4v) is 1.85. The van der Waals surface area contributed by atoms with E-state index in [1.54, 1.807) is 0 Å². The van der Waals surface area contributed by atoms with Crippen LogP contribution in [0.5, 0.6) is 0 Å². The third-order valence-corrected chi connectivity index (χ3v) is 2.87. The zero-order valence-electron chi connectivity index (χ0n) is 9.11. The molecule has 0 amide bonds. The van der Waals surface area contributed by atoms with Crippen molar-refractivity contribution >= 4 is 17.4 Å². The van der Waals surface area contributed by atoms with Gasteiger partial charge in [-0.25, -0.2) is 8.78 Å². The van der Waals surface area contributed by atoms with Crippen LogP contribution in [0.15, 0.2) is 42.7 Å². The van der Waals surface area contributed by atoms with E-state index in [9.17, 15) is 13.6 Å². The molecule has 0 N–H and O–H groups in total. The minimum atomic E-state index is -2.71. The van der Waals surface area contributed by atoms with Gasteiger partial charge in [0.1, 0.15) is 0 Å². The van der Waals surface area contributed by atoms with Crippen molar-refractivity contribution in [3.63, 3.8) is 0 Å². The van der Waals surface area contributed by atoms with Crippen LogP contribution >= 0.6 is 11.6 Å². The minimum Gasteiger partial charge on any atom is -0.289 e. The van der Waals surface area contributed by atoms with Crippen LogP contribution in [-0.4, -0.2) is 10.8 Å². The van der Waals surface area contributed by atoms with Crippen molar-refractivity contribution in [2.24, 2.45) is 0 Å². The molecular formula is C13H8ClF2NO. The average molecular weight is 268 g/mol. The summed E-state index contributed by atoms with van der Waals surface area (Å²) in [6.07, 6.45) is 0.207. The van der Waals surface area contributed by atoms with E-state index in [2.05, 4.69) is 4.98 Å². The number of aromatic nitrogens is 1. The van der Waals surface area contributed by atoms with Crippen molar-refractivity contribution in [2.75, 3.05) is 0 Å². The van der Waals surface area contributed by atoms with Gasteiger partial charge >= 0.3 is 0 Å². The quantitative estimate of drug-likeness (QED) is 0.790. The van der Waals surface area contributed by atoms with Gasteiger partial charge in [-0.3, -0.25) is 9.78 Å². The van der Waals surface area contributed by atoms with Gasteiger partial charge in [-0.15, -0.1) is 0 Å². The number of carbonyl (C=O) groups excluding carboxylic acids is 1. The van der Waals surface area contributed by atoms with Crippen LogP contribution in [-0.2, 0) is 0 Å². The average Bonchev–Trinajstić information content (AvgIpc) is 2.39. The van der Waals surface area contributed by atoms with Gasteiger partial charge in [0.25, 0.3) is 6.43 Å². The number of hydrogen-bond donors (Lipinski definition) is 0. The lowest BCUT2D eigenvalue weighted by Gasteiger charge is -2.08. The molecule has 0 aliphatic rings. The molecule has 0 bridgehead atoms. The van der Waals surface area contributed by atoms with Crippen LogP contribution in [0, 0.1) is 0 Å². The first-order chi connectivity index (χ1) is 8.61. The number of benzene rings is 1. The highest BCUT2D eigenvalue weighted by molar-refractivity contribution is 6.35. The number of ketones is 1. The fraction of sp³-hybridized carbons (Fsp3) is 0.0769. The summed E-state index contributed by atoms with van der Waals surface area (Å²) < 4.78 is 25.3. The third-order valence-electron chi connectivity index (χ3n) is 2.45. The molecule has 18 heavy (non-hydrogen) atoms. The Bertz CT molecular complexity index is 572. The zero-order chi connectivity index (χ0) is 13.1. The highest BCUT2D eigenvalue weighted by Crippen LogP contribution is 2.30. The van der Waals surface area contributed by atoms with Gasteiger partial charge < -0.3 is 0 Å². The molecule has 5 heteroatoms. The van der Waals surface area contributed by atoms with Gasteiger partial charge in [0.2, 0.25) is 0 Å². The van der Waals surface area contributed by atoms with Gasteiger partial charge in [0.15, 0.2) is 5.78 Å².